The van der Waals surface area contributed by atoms with Crippen molar-refractivity contribution in [3.05, 3.63) is 0 Å². The molecular formula is C14H27NO. The molecule has 1 heterocycles. The Morgan fingerprint density at radius 3 is 2.75 bits per heavy atom. The lowest BCUT2D eigenvalue weighted by Crippen LogP contribution is -2.41. The summed E-state index contributed by atoms with van der Waals surface area (Å²) < 4.78 is 0. The lowest BCUT2D eigenvalue weighted by molar-refractivity contribution is -0.122. The molecule has 0 aromatic heterocycles. The van der Waals surface area contributed by atoms with Gasteiger partial charge >= 0.3 is 0 Å². The van der Waals surface area contributed by atoms with Crippen molar-refractivity contribution in [3.8, 4) is 0 Å². The third-order valence-corrected chi connectivity index (χ3v) is 3.73. The van der Waals surface area contributed by atoms with Crippen LogP contribution >= 0.6 is 0 Å². The van der Waals surface area contributed by atoms with Crippen LogP contribution in [0, 0.1) is 5.92 Å². The quantitative estimate of drug-likeness (QED) is 0.720. The van der Waals surface area contributed by atoms with Gasteiger partial charge < -0.3 is 5.32 Å². The summed E-state index contributed by atoms with van der Waals surface area (Å²) in [4.78, 5) is 12.1. The average Bonchev–Trinajstić information content (AvgIpc) is 2.35. The van der Waals surface area contributed by atoms with Crippen LogP contribution in [-0.2, 0) is 4.79 Å². The molecule has 1 aliphatic rings. The largest absolute Gasteiger partial charge is 0.307 e. The molecule has 0 saturated carbocycles. The first kappa shape index (κ1) is 13.7. The second kappa shape index (κ2) is 7.83. The molecule has 1 N–H and O–H groups in total. The number of nitrogens with one attached hydrogen (secondary N) is 1. The first-order valence-electron chi connectivity index (χ1n) is 7.04. The zero-order valence-electron chi connectivity index (χ0n) is 10.9. The van der Waals surface area contributed by atoms with Gasteiger partial charge in [-0.05, 0) is 25.3 Å². The number of hydrogen-bond donors (Lipinski definition) is 1. The lowest BCUT2D eigenvalue weighted by Gasteiger charge is -2.24. The van der Waals surface area contributed by atoms with Gasteiger partial charge in [-0.1, -0.05) is 46.0 Å². The van der Waals surface area contributed by atoms with Crippen molar-refractivity contribution in [2.45, 2.75) is 71.3 Å². The number of Topliss-reactive ketones (excluding diaryl/α,β-unsaturated/α-hetero) is 1. The van der Waals surface area contributed by atoms with Gasteiger partial charge in [-0.15, -0.1) is 0 Å². The van der Waals surface area contributed by atoms with Crippen LogP contribution in [0.15, 0.2) is 0 Å². The Bertz CT molecular complexity index is 197. The number of ketones is 1. The highest BCUT2D eigenvalue weighted by atomic mass is 16.1. The fourth-order valence-electron chi connectivity index (χ4n) is 2.50. The zero-order chi connectivity index (χ0) is 11.8. The second-order valence-electron chi connectivity index (χ2n) is 5.09. The Balaban J connectivity index is 2.29. The molecule has 1 saturated heterocycles. The van der Waals surface area contributed by atoms with Gasteiger partial charge in [-0.2, -0.15) is 0 Å². The summed E-state index contributed by atoms with van der Waals surface area (Å²) in [6.07, 6.45) is 9.20. The van der Waals surface area contributed by atoms with E-state index in [1.165, 1.54) is 32.1 Å². The molecule has 0 radical (unpaired) electrons. The SMILES string of the molecule is CCCCC(CC)CC(=O)C1CCCCN1. The van der Waals surface area contributed by atoms with Gasteiger partial charge in [0.15, 0.2) is 0 Å². The van der Waals surface area contributed by atoms with E-state index in [-0.39, 0.29) is 6.04 Å². The zero-order valence-corrected chi connectivity index (χ0v) is 10.9. The van der Waals surface area contributed by atoms with Crippen LogP contribution in [0.25, 0.3) is 0 Å². The molecule has 0 aromatic rings. The Labute approximate surface area is 100 Å². The van der Waals surface area contributed by atoms with E-state index in [9.17, 15) is 4.79 Å². The predicted octanol–water partition coefficient (Wildman–Crippen LogP) is 3.30. The summed E-state index contributed by atoms with van der Waals surface area (Å²) in [6.45, 7) is 5.46. The molecule has 0 aliphatic carbocycles. The summed E-state index contributed by atoms with van der Waals surface area (Å²) in [5, 5.41) is 3.35. The number of hydrogen-bond acceptors (Lipinski definition) is 2. The minimum atomic E-state index is 0.171. The topological polar surface area (TPSA) is 29.1 Å². The summed E-state index contributed by atoms with van der Waals surface area (Å²) in [6, 6.07) is 0.171. The van der Waals surface area contributed by atoms with Gasteiger partial charge in [0.05, 0.1) is 6.04 Å². The highest BCUT2D eigenvalue weighted by Gasteiger charge is 2.22. The van der Waals surface area contributed by atoms with Crippen LogP contribution in [0.1, 0.15) is 65.2 Å². The average molecular weight is 225 g/mol. The molecule has 0 amide bonds. The monoisotopic (exact) mass is 225 g/mol. The highest BCUT2D eigenvalue weighted by Crippen LogP contribution is 2.19. The molecule has 2 unspecified atom stereocenters. The molecule has 1 rings (SSSR count). The molecule has 1 aliphatic heterocycles. The number of unbranched alkanes of at least 4 members (excludes halogenated alkanes) is 1. The number of carbonyl (C=O) groups excluding carboxylic acids is 1. The normalized spacial score (nSPS) is 23.0. The first-order valence-corrected chi connectivity index (χ1v) is 7.04. The van der Waals surface area contributed by atoms with Crippen molar-refractivity contribution in [2.24, 2.45) is 5.92 Å². The molecule has 94 valence electrons. The Morgan fingerprint density at radius 2 is 2.19 bits per heavy atom. The lowest BCUT2D eigenvalue weighted by atomic mass is 9.89. The van der Waals surface area contributed by atoms with Crippen molar-refractivity contribution in [1.29, 1.82) is 0 Å². The summed E-state index contributed by atoms with van der Waals surface area (Å²) in [5.74, 6) is 1.08. The molecule has 0 spiro atoms. The van der Waals surface area contributed by atoms with E-state index >= 15 is 0 Å². The molecule has 0 aromatic carbocycles. The molecule has 16 heavy (non-hydrogen) atoms. The van der Waals surface area contributed by atoms with Crippen molar-refractivity contribution in [1.82, 2.24) is 5.32 Å². The second-order valence-corrected chi connectivity index (χ2v) is 5.09. The third kappa shape index (κ3) is 4.65. The van der Waals surface area contributed by atoms with Crippen molar-refractivity contribution in [3.63, 3.8) is 0 Å². The number of rotatable bonds is 7. The molecule has 1 fully saturated rings. The Hall–Kier alpha value is -0.370. The van der Waals surface area contributed by atoms with Gasteiger partial charge in [-0.3, -0.25) is 4.79 Å². The Morgan fingerprint density at radius 1 is 1.38 bits per heavy atom. The predicted molar refractivity (Wildman–Crippen MR) is 68.6 cm³/mol. The molecule has 2 nitrogen and oxygen atoms in total. The number of carbonyl (C=O) groups is 1. The van der Waals surface area contributed by atoms with Crippen LogP contribution in [0.4, 0.5) is 0 Å². The standard InChI is InChI=1S/C14H27NO/c1-3-5-8-12(4-2)11-14(16)13-9-6-7-10-15-13/h12-13,15H,3-11H2,1-2H3. The van der Waals surface area contributed by atoms with Crippen LogP contribution in [0.5, 0.6) is 0 Å². The fourth-order valence-corrected chi connectivity index (χ4v) is 2.50. The van der Waals surface area contributed by atoms with E-state index in [2.05, 4.69) is 19.2 Å². The van der Waals surface area contributed by atoms with Gasteiger partial charge in [0, 0.05) is 6.42 Å². The molecule has 0 bridgehead atoms. The first-order chi connectivity index (χ1) is 7.77. The third-order valence-electron chi connectivity index (χ3n) is 3.73. The van der Waals surface area contributed by atoms with Gasteiger partial charge in [0.1, 0.15) is 5.78 Å². The van der Waals surface area contributed by atoms with Crippen LogP contribution in [0.3, 0.4) is 0 Å². The van der Waals surface area contributed by atoms with Crippen molar-refractivity contribution >= 4 is 5.78 Å². The van der Waals surface area contributed by atoms with Gasteiger partial charge in [0.2, 0.25) is 0 Å². The molecule has 2 heteroatoms. The maximum atomic E-state index is 12.1. The highest BCUT2D eigenvalue weighted by molar-refractivity contribution is 5.84. The van der Waals surface area contributed by atoms with Crippen molar-refractivity contribution < 1.29 is 4.79 Å². The van der Waals surface area contributed by atoms with Crippen LogP contribution in [0.2, 0.25) is 0 Å². The van der Waals surface area contributed by atoms with E-state index in [1.807, 2.05) is 0 Å². The minimum absolute atomic E-state index is 0.171. The minimum Gasteiger partial charge on any atom is -0.307 e. The van der Waals surface area contributed by atoms with E-state index < -0.39 is 0 Å². The number of piperidine rings is 1. The maximum absolute atomic E-state index is 12.1. The van der Waals surface area contributed by atoms with Crippen LogP contribution in [-0.4, -0.2) is 18.4 Å². The van der Waals surface area contributed by atoms with Gasteiger partial charge in [0.25, 0.3) is 0 Å². The fraction of sp³-hybridized carbons (Fsp3) is 0.929. The summed E-state index contributed by atoms with van der Waals surface area (Å²) in [5.41, 5.74) is 0. The Kier molecular flexibility index (Phi) is 6.70. The smallest absolute Gasteiger partial charge is 0.150 e. The summed E-state index contributed by atoms with van der Waals surface area (Å²) >= 11 is 0. The summed E-state index contributed by atoms with van der Waals surface area (Å²) in [7, 11) is 0. The van der Waals surface area contributed by atoms with E-state index in [1.54, 1.807) is 0 Å². The van der Waals surface area contributed by atoms with Gasteiger partial charge in [-0.25, -0.2) is 0 Å². The van der Waals surface area contributed by atoms with Crippen LogP contribution < -0.4 is 5.32 Å². The molecule has 2 atom stereocenters. The van der Waals surface area contributed by atoms with E-state index in [4.69, 9.17) is 0 Å². The van der Waals surface area contributed by atoms with E-state index in [0.717, 1.165) is 25.8 Å². The van der Waals surface area contributed by atoms with Crippen molar-refractivity contribution in [2.75, 3.05) is 6.54 Å². The van der Waals surface area contributed by atoms with E-state index in [0.29, 0.717) is 11.7 Å². The maximum Gasteiger partial charge on any atom is 0.150 e. The molecular weight excluding hydrogens is 198 g/mol.